The number of thiazole rings is 1. The minimum absolute atomic E-state index is 0.00297. The molecule has 3 atom stereocenters. The first kappa shape index (κ1) is 36.5. The lowest BCUT2D eigenvalue weighted by Gasteiger charge is -2.25. The number of aromatic nitrogens is 4. The van der Waals surface area contributed by atoms with Crippen LogP contribution in [-0.2, 0) is 34.7 Å². The van der Waals surface area contributed by atoms with Crippen LogP contribution in [0.2, 0.25) is 0 Å². The summed E-state index contributed by atoms with van der Waals surface area (Å²) >= 11 is 1.16. The van der Waals surface area contributed by atoms with Crippen LogP contribution in [0.5, 0.6) is 0 Å². The molecule has 3 aliphatic rings. The normalized spacial score (nSPS) is 19.2. The lowest BCUT2D eigenvalue weighted by atomic mass is 9.94. The van der Waals surface area contributed by atoms with Crippen LogP contribution >= 0.6 is 11.3 Å². The first-order valence-corrected chi connectivity index (χ1v) is 17.7. The molecular formula is C36H27F8N7O3S. The van der Waals surface area contributed by atoms with Crippen molar-refractivity contribution in [2.45, 2.75) is 50.4 Å². The minimum Gasteiger partial charge on any atom is -0.353 e. The quantitative estimate of drug-likeness (QED) is 0.130. The third-order valence-electron chi connectivity index (χ3n) is 9.89. The Morgan fingerprint density at radius 3 is 2.51 bits per heavy atom. The number of pyridine rings is 1. The maximum absolute atomic E-state index is 15.3. The molecule has 10 nitrogen and oxygen atoms in total. The molecule has 55 heavy (non-hydrogen) atoms. The van der Waals surface area contributed by atoms with Gasteiger partial charge in [-0.25, -0.2) is 18.2 Å². The number of Topliss-reactive ketones (excluding diaryl/α,β-unsaturated/α-hetero) is 1. The van der Waals surface area contributed by atoms with Crippen LogP contribution in [0.4, 0.5) is 40.3 Å². The molecule has 0 radical (unpaired) electrons. The Balaban J connectivity index is 1.24. The van der Waals surface area contributed by atoms with Gasteiger partial charge in [0.1, 0.15) is 29.7 Å². The fraction of sp³-hybridized carbons (Fsp3) is 0.333. The summed E-state index contributed by atoms with van der Waals surface area (Å²) in [6.45, 7) is 0.832. The number of nitrogens with one attached hydrogen (secondary N) is 2. The molecule has 3 aromatic heterocycles. The van der Waals surface area contributed by atoms with Gasteiger partial charge in [-0.15, -0.1) is 0 Å². The van der Waals surface area contributed by atoms with Gasteiger partial charge in [0.2, 0.25) is 11.8 Å². The molecule has 1 saturated heterocycles. The van der Waals surface area contributed by atoms with E-state index in [0.717, 1.165) is 36.5 Å². The van der Waals surface area contributed by atoms with E-state index in [2.05, 4.69) is 20.7 Å². The molecule has 2 amide bonds. The number of amides is 2. The molecule has 2 aromatic carbocycles. The van der Waals surface area contributed by atoms with Crippen molar-refractivity contribution in [3.05, 3.63) is 93.7 Å². The van der Waals surface area contributed by atoms with E-state index in [0.29, 0.717) is 33.7 Å². The summed E-state index contributed by atoms with van der Waals surface area (Å²) in [5, 5.41) is 9.14. The zero-order valence-electron chi connectivity index (χ0n) is 28.4. The smallest absolute Gasteiger partial charge is 0.353 e. The molecule has 19 heteroatoms. The Morgan fingerprint density at radius 1 is 1.07 bits per heavy atom. The van der Waals surface area contributed by atoms with Crippen molar-refractivity contribution >= 4 is 44.4 Å². The van der Waals surface area contributed by atoms with E-state index in [1.807, 2.05) is 0 Å². The van der Waals surface area contributed by atoms with Crippen molar-refractivity contribution in [3.8, 4) is 11.1 Å². The molecule has 1 aliphatic heterocycles. The highest BCUT2D eigenvalue weighted by atomic mass is 32.1. The first-order chi connectivity index (χ1) is 26.0. The number of carbonyl (C=O) groups is 3. The number of ketones is 1. The summed E-state index contributed by atoms with van der Waals surface area (Å²) in [7, 11) is 0. The van der Waals surface area contributed by atoms with E-state index in [4.69, 9.17) is 4.98 Å². The molecule has 8 rings (SSSR count). The molecule has 286 valence electrons. The number of fused-ring (bicyclic) bond motifs is 4. The van der Waals surface area contributed by atoms with Crippen molar-refractivity contribution < 1.29 is 49.5 Å². The number of halogens is 8. The van der Waals surface area contributed by atoms with E-state index in [-0.39, 0.29) is 58.9 Å². The van der Waals surface area contributed by atoms with Crippen LogP contribution < -0.4 is 15.5 Å². The predicted octanol–water partition coefficient (Wildman–Crippen LogP) is 6.44. The van der Waals surface area contributed by atoms with Crippen LogP contribution in [-0.4, -0.2) is 57.0 Å². The van der Waals surface area contributed by atoms with Gasteiger partial charge in [0.25, 0.3) is 5.92 Å². The van der Waals surface area contributed by atoms with Crippen molar-refractivity contribution in [1.82, 2.24) is 30.4 Å². The van der Waals surface area contributed by atoms with Crippen LogP contribution in [0.1, 0.15) is 63.9 Å². The van der Waals surface area contributed by atoms with Crippen LogP contribution in [0.25, 0.3) is 21.5 Å². The van der Waals surface area contributed by atoms with E-state index >= 15 is 8.78 Å². The van der Waals surface area contributed by atoms with E-state index in [9.17, 15) is 40.7 Å². The summed E-state index contributed by atoms with van der Waals surface area (Å²) in [5.74, 6) is -10.8. The largest absolute Gasteiger partial charge is 0.435 e. The average molecular weight is 790 g/mol. The zero-order chi connectivity index (χ0) is 39.1. The summed E-state index contributed by atoms with van der Waals surface area (Å²) in [6, 6.07) is 6.44. The average Bonchev–Trinajstić information content (AvgIpc) is 3.55. The highest BCUT2D eigenvalue weighted by molar-refractivity contribution is 7.22. The Kier molecular flexibility index (Phi) is 8.69. The van der Waals surface area contributed by atoms with E-state index in [1.165, 1.54) is 12.1 Å². The van der Waals surface area contributed by atoms with Gasteiger partial charge in [0.05, 0.1) is 28.5 Å². The van der Waals surface area contributed by atoms with Crippen LogP contribution in [0.15, 0.2) is 42.5 Å². The lowest BCUT2D eigenvalue weighted by molar-refractivity contribution is -0.142. The van der Waals surface area contributed by atoms with Gasteiger partial charge in [-0.2, -0.15) is 32.0 Å². The Morgan fingerprint density at radius 2 is 1.82 bits per heavy atom. The fourth-order valence-electron chi connectivity index (χ4n) is 7.41. The molecule has 1 saturated carbocycles. The molecule has 0 bridgehead atoms. The number of benzene rings is 2. The zero-order valence-corrected chi connectivity index (χ0v) is 29.2. The van der Waals surface area contributed by atoms with Crippen LogP contribution in [0, 0.1) is 23.4 Å². The summed E-state index contributed by atoms with van der Waals surface area (Å²) < 4.78 is 117. The predicted molar refractivity (Wildman–Crippen MR) is 181 cm³/mol. The SMILES string of the molecule is CC(=O)c1cc(-c2cc3sc(N4CCNC(=O)C4)nc3nc2[C@H](Cc2cc(F)cc(F)c2)NC(=O)Cn2nc(C(F)(F)F)c3c2C(F)(F)[C@@H]2C[C@H]32)ccc1F. The monoisotopic (exact) mass is 789 g/mol. The number of anilines is 1. The second-order valence-corrected chi connectivity index (χ2v) is 14.7. The molecule has 0 spiro atoms. The van der Waals surface area contributed by atoms with Crippen molar-refractivity contribution in [3.63, 3.8) is 0 Å². The summed E-state index contributed by atoms with van der Waals surface area (Å²) in [5.41, 5.74) is -2.89. The highest BCUT2D eigenvalue weighted by Gasteiger charge is 2.68. The summed E-state index contributed by atoms with van der Waals surface area (Å²) in [6.07, 6.45) is -5.61. The first-order valence-electron chi connectivity index (χ1n) is 16.9. The van der Waals surface area contributed by atoms with Crippen molar-refractivity contribution in [2.24, 2.45) is 5.92 Å². The Labute approximate surface area is 309 Å². The topological polar surface area (TPSA) is 122 Å². The molecular weight excluding hydrogens is 762 g/mol. The Hall–Kier alpha value is -5.46. The van der Waals surface area contributed by atoms with Gasteiger partial charge in [-0.1, -0.05) is 17.4 Å². The molecule has 4 heterocycles. The second kappa shape index (κ2) is 13.1. The fourth-order valence-corrected chi connectivity index (χ4v) is 8.38. The molecule has 2 N–H and O–H groups in total. The Bertz CT molecular complexity index is 2410. The standard InChI is InChI=1S/C36H27F8N7O3S/c1-15(52)20-9-17(2-3-24(20)39)21-12-26-33(48-34(55-26)50-5-4-45-27(53)13-50)47-30(21)25(8-16-6-18(37)10-19(38)7-16)46-28(54)14-51-32-29(31(49-51)36(42,43)44)22-11-23(22)35(32,40)41/h2-3,6-7,9-10,12,22-23,25H,4-5,8,11,13-14H2,1H3,(H,45,53)(H,46,54)/t22-,23+,25-/m0/s1. The lowest BCUT2D eigenvalue weighted by Crippen LogP contribution is -2.47. The van der Waals surface area contributed by atoms with Gasteiger partial charge in [0.15, 0.2) is 22.3 Å². The number of piperazine rings is 1. The number of alkyl halides is 5. The number of carbonyl (C=O) groups excluding carboxylic acids is 3. The maximum Gasteiger partial charge on any atom is 0.435 e. The van der Waals surface area contributed by atoms with Crippen LogP contribution in [0.3, 0.4) is 0 Å². The third-order valence-corrected chi connectivity index (χ3v) is 10.9. The third kappa shape index (κ3) is 6.67. The van der Waals surface area contributed by atoms with Gasteiger partial charge in [0, 0.05) is 36.2 Å². The number of nitrogens with zero attached hydrogens (tertiary/aromatic N) is 5. The minimum atomic E-state index is -5.07. The maximum atomic E-state index is 15.3. The van der Waals surface area contributed by atoms with E-state index in [1.54, 1.807) is 11.0 Å². The molecule has 0 unspecified atom stereocenters. The van der Waals surface area contributed by atoms with Crippen molar-refractivity contribution in [1.29, 1.82) is 0 Å². The van der Waals surface area contributed by atoms with E-state index < -0.39 is 82.6 Å². The molecule has 5 aromatic rings. The molecule has 2 fully saturated rings. The second-order valence-electron chi connectivity index (χ2n) is 13.7. The van der Waals surface area contributed by atoms with Gasteiger partial charge < -0.3 is 15.5 Å². The summed E-state index contributed by atoms with van der Waals surface area (Å²) in [4.78, 5) is 49.3. The molecule has 2 aliphatic carbocycles. The van der Waals surface area contributed by atoms with Crippen molar-refractivity contribution in [2.75, 3.05) is 24.5 Å². The van der Waals surface area contributed by atoms with Gasteiger partial charge in [-0.3, -0.25) is 19.1 Å². The number of hydrogen-bond donors (Lipinski definition) is 2. The highest BCUT2D eigenvalue weighted by Crippen LogP contribution is 2.68. The number of hydrogen-bond acceptors (Lipinski definition) is 8. The van der Waals surface area contributed by atoms with Gasteiger partial charge in [-0.05, 0) is 67.1 Å². The number of rotatable bonds is 9. The van der Waals surface area contributed by atoms with Gasteiger partial charge >= 0.3 is 6.18 Å².